The first-order chi connectivity index (χ1) is 9.77. The second-order valence-corrected chi connectivity index (χ2v) is 4.84. The fourth-order valence-electron chi connectivity index (χ4n) is 2.00. The molecule has 116 valence electrons. The van der Waals surface area contributed by atoms with Crippen molar-refractivity contribution in [2.45, 2.75) is 12.3 Å². The van der Waals surface area contributed by atoms with E-state index in [9.17, 15) is 23.1 Å². The van der Waals surface area contributed by atoms with Gasteiger partial charge in [0, 0.05) is 18.8 Å². The number of nitrogens with zero attached hydrogens (tertiary/aromatic N) is 1. The Hall–Kier alpha value is -1.80. The van der Waals surface area contributed by atoms with Crippen LogP contribution in [0.2, 0.25) is 0 Å². The van der Waals surface area contributed by atoms with Gasteiger partial charge in [0.15, 0.2) is 0 Å². The highest BCUT2D eigenvalue weighted by atomic mass is 19.4. The zero-order valence-electron chi connectivity index (χ0n) is 11.3. The molecule has 1 fully saturated rings. The lowest BCUT2D eigenvalue weighted by molar-refractivity contribution is -0.139. The van der Waals surface area contributed by atoms with Crippen LogP contribution in [0.1, 0.15) is 5.56 Å². The summed E-state index contributed by atoms with van der Waals surface area (Å²) in [4.78, 5) is 13.8. The van der Waals surface area contributed by atoms with Gasteiger partial charge in [-0.15, -0.1) is 0 Å². The summed E-state index contributed by atoms with van der Waals surface area (Å²) < 4.78 is 43.3. The van der Waals surface area contributed by atoms with Gasteiger partial charge in [-0.3, -0.25) is 4.79 Å². The highest BCUT2D eigenvalue weighted by molar-refractivity contribution is 5.94. The second-order valence-electron chi connectivity index (χ2n) is 4.84. The lowest BCUT2D eigenvalue weighted by Crippen LogP contribution is -2.46. The number of rotatable bonds is 2. The predicted octanol–water partition coefficient (Wildman–Crippen LogP) is 1.68. The SMILES string of the molecule is CN1CCOC(C(=O)Nc2ccc(O)c(C(F)(F)F)c2)C1. The van der Waals surface area contributed by atoms with Crippen molar-refractivity contribution in [1.29, 1.82) is 0 Å². The zero-order valence-corrected chi connectivity index (χ0v) is 11.3. The first-order valence-electron chi connectivity index (χ1n) is 6.28. The van der Waals surface area contributed by atoms with Crippen LogP contribution in [0.5, 0.6) is 5.75 Å². The Labute approximate surface area is 119 Å². The number of hydrogen-bond acceptors (Lipinski definition) is 4. The number of carbonyl (C=O) groups excluding carboxylic acids is 1. The minimum atomic E-state index is -4.69. The molecule has 1 aliphatic heterocycles. The van der Waals surface area contributed by atoms with Crippen LogP contribution in [-0.4, -0.2) is 48.8 Å². The maximum atomic E-state index is 12.7. The Morgan fingerprint density at radius 2 is 2.19 bits per heavy atom. The molecule has 1 saturated heterocycles. The predicted molar refractivity (Wildman–Crippen MR) is 69.0 cm³/mol. The van der Waals surface area contributed by atoms with Crippen LogP contribution in [0.15, 0.2) is 18.2 Å². The third-order valence-electron chi connectivity index (χ3n) is 3.13. The van der Waals surface area contributed by atoms with Gasteiger partial charge in [-0.2, -0.15) is 13.2 Å². The number of phenols is 1. The molecule has 1 unspecified atom stereocenters. The highest BCUT2D eigenvalue weighted by Gasteiger charge is 2.34. The number of likely N-dealkylation sites (N-methyl/N-ethyl adjacent to an activating group) is 1. The maximum Gasteiger partial charge on any atom is 0.420 e. The van der Waals surface area contributed by atoms with E-state index in [0.29, 0.717) is 25.8 Å². The number of ether oxygens (including phenoxy) is 1. The number of aromatic hydroxyl groups is 1. The van der Waals surface area contributed by atoms with Gasteiger partial charge in [0.05, 0.1) is 12.2 Å². The summed E-state index contributed by atoms with van der Waals surface area (Å²) >= 11 is 0. The van der Waals surface area contributed by atoms with Crippen molar-refractivity contribution >= 4 is 11.6 Å². The van der Waals surface area contributed by atoms with E-state index in [1.54, 1.807) is 0 Å². The van der Waals surface area contributed by atoms with Gasteiger partial charge in [-0.1, -0.05) is 0 Å². The first kappa shape index (κ1) is 15.6. The van der Waals surface area contributed by atoms with Crippen molar-refractivity contribution in [3.05, 3.63) is 23.8 Å². The van der Waals surface area contributed by atoms with Crippen molar-refractivity contribution in [1.82, 2.24) is 4.90 Å². The molecule has 2 N–H and O–H groups in total. The monoisotopic (exact) mass is 304 g/mol. The van der Waals surface area contributed by atoms with Crippen LogP contribution in [-0.2, 0) is 15.7 Å². The lowest BCUT2D eigenvalue weighted by atomic mass is 10.1. The number of anilines is 1. The summed E-state index contributed by atoms with van der Waals surface area (Å²) in [7, 11) is 1.82. The van der Waals surface area contributed by atoms with Crippen molar-refractivity contribution in [2.24, 2.45) is 0 Å². The van der Waals surface area contributed by atoms with Gasteiger partial charge >= 0.3 is 6.18 Å². The van der Waals surface area contributed by atoms with Crippen LogP contribution in [0.25, 0.3) is 0 Å². The van der Waals surface area contributed by atoms with Gasteiger partial charge in [0.1, 0.15) is 11.9 Å². The molecule has 8 heteroatoms. The van der Waals surface area contributed by atoms with Crippen LogP contribution in [0.3, 0.4) is 0 Å². The van der Waals surface area contributed by atoms with E-state index in [4.69, 9.17) is 4.74 Å². The molecule has 1 atom stereocenters. The largest absolute Gasteiger partial charge is 0.507 e. The Morgan fingerprint density at radius 3 is 2.81 bits per heavy atom. The van der Waals surface area contributed by atoms with Crippen molar-refractivity contribution in [3.63, 3.8) is 0 Å². The number of amides is 1. The normalized spacial score (nSPS) is 20.3. The molecule has 1 heterocycles. The summed E-state index contributed by atoms with van der Waals surface area (Å²) in [5, 5.41) is 11.6. The molecular weight excluding hydrogens is 289 g/mol. The molecule has 1 aliphatic rings. The molecule has 2 rings (SSSR count). The quantitative estimate of drug-likeness (QED) is 0.816. The molecule has 5 nitrogen and oxygen atoms in total. The van der Waals surface area contributed by atoms with Crippen molar-refractivity contribution < 1.29 is 27.8 Å². The fourth-order valence-corrected chi connectivity index (χ4v) is 2.00. The van der Waals surface area contributed by atoms with E-state index in [0.717, 1.165) is 6.07 Å². The van der Waals surface area contributed by atoms with Gasteiger partial charge in [-0.25, -0.2) is 0 Å². The van der Waals surface area contributed by atoms with Crippen LogP contribution < -0.4 is 5.32 Å². The summed E-state index contributed by atoms with van der Waals surface area (Å²) in [5.41, 5.74) is -1.23. The Bertz CT molecular complexity index is 534. The summed E-state index contributed by atoms with van der Waals surface area (Å²) in [6.07, 6.45) is -5.42. The molecule has 21 heavy (non-hydrogen) atoms. The molecule has 0 bridgehead atoms. The molecular formula is C13H15F3N2O3. The molecule has 1 amide bonds. The summed E-state index contributed by atoms with van der Waals surface area (Å²) in [6, 6.07) is 2.79. The number of hydrogen-bond donors (Lipinski definition) is 2. The number of alkyl halides is 3. The highest BCUT2D eigenvalue weighted by Crippen LogP contribution is 2.37. The minimum absolute atomic E-state index is 0.0399. The Balaban J connectivity index is 2.11. The Kier molecular flexibility index (Phi) is 4.38. The third kappa shape index (κ3) is 3.85. The molecule has 0 aromatic heterocycles. The molecule has 0 radical (unpaired) electrons. The summed E-state index contributed by atoms with van der Waals surface area (Å²) in [6.45, 7) is 1.45. The van der Waals surface area contributed by atoms with Crippen LogP contribution >= 0.6 is 0 Å². The van der Waals surface area contributed by atoms with E-state index in [2.05, 4.69) is 5.32 Å². The number of nitrogens with one attached hydrogen (secondary N) is 1. The number of benzene rings is 1. The molecule has 1 aromatic carbocycles. The first-order valence-corrected chi connectivity index (χ1v) is 6.28. The average Bonchev–Trinajstić information content (AvgIpc) is 2.39. The van der Waals surface area contributed by atoms with E-state index >= 15 is 0 Å². The van der Waals surface area contributed by atoms with Crippen LogP contribution in [0, 0.1) is 0 Å². The second kappa shape index (κ2) is 5.90. The molecule has 0 aliphatic carbocycles. The smallest absolute Gasteiger partial charge is 0.420 e. The molecule has 0 saturated carbocycles. The Morgan fingerprint density at radius 1 is 1.48 bits per heavy atom. The maximum absolute atomic E-state index is 12.7. The zero-order chi connectivity index (χ0) is 15.6. The van der Waals surface area contributed by atoms with Crippen molar-refractivity contribution in [2.75, 3.05) is 32.1 Å². The molecule has 1 aromatic rings. The standard InChI is InChI=1S/C13H15F3N2O3/c1-18-4-5-21-11(7-18)12(20)17-8-2-3-10(19)9(6-8)13(14,15)16/h2-3,6,11,19H,4-5,7H2,1H3,(H,17,20). The van der Waals surface area contributed by atoms with E-state index < -0.39 is 29.5 Å². The molecule has 0 spiro atoms. The van der Waals surface area contributed by atoms with E-state index in [-0.39, 0.29) is 5.69 Å². The third-order valence-corrected chi connectivity index (χ3v) is 3.13. The van der Waals surface area contributed by atoms with E-state index in [1.807, 2.05) is 11.9 Å². The lowest BCUT2D eigenvalue weighted by Gasteiger charge is -2.29. The number of morpholine rings is 1. The topological polar surface area (TPSA) is 61.8 Å². The van der Waals surface area contributed by atoms with Gasteiger partial charge in [0.2, 0.25) is 0 Å². The summed E-state index contributed by atoms with van der Waals surface area (Å²) in [5.74, 6) is -1.39. The van der Waals surface area contributed by atoms with Crippen molar-refractivity contribution in [3.8, 4) is 5.75 Å². The number of halogens is 3. The van der Waals surface area contributed by atoms with Gasteiger partial charge in [0.25, 0.3) is 5.91 Å². The van der Waals surface area contributed by atoms with Gasteiger partial charge < -0.3 is 20.1 Å². The number of phenolic OH excluding ortho intramolecular Hbond substituents is 1. The average molecular weight is 304 g/mol. The van der Waals surface area contributed by atoms with Crippen LogP contribution in [0.4, 0.5) is 18.9 Å². The fraction of sp³-hybridized carbons (Fsp3) is 0.462. The van der Waals surface area contributed by atoms with E-state index in [1.165, 1.54) is 6.07 Å². The number of carbonyl (C=O) groups is 1. The van der Waals surface area contributed by atoms with Gasteiger partial charge in [-0.05, 0) is 25.2 Å². The minimum Gasteiger partial charge on any atom is -0.507 e.